The van der Waals surface area contributed by atoms with Gasteiger partial charge in [-0.3, -0.25) is 19.3 Å². The second kappa shape index (κ2) is 6.72. The van der Waals surface area contributed by atoms with Crippen LogP contribution in [0.2, 0.25) is 0 Å². The molecule has 0 unspecified atom stereocenters. The van der Waals surface area contributed by atoms with Gasteiger partial charge in [-0.15, -0.1) is 0 Å². The lowest BCUT2D eigenvalue weighted by molar-refractivity contribution is -0.141. The number of amides is 3. The summed E-state index contributed by atoms with van der Waals surface area (Å²) in [6, 6.07) is 5.17. The zero-order chi connectivity index (χ0) is 17.3. The van der Waals surface area contributed by atoms with Gasteiger partial charge in [0.15, 0.2) is 11.5 Å². The maximum absolute atomic E-state index is 12.3. The van der Waals surface area contributed by atoms with Crippen molar-refractivity contribution in [2.45, 2.75) is 12.5 Å². The lowest BCUT2D eigenvalue weighted by Crippen LogP contribution is -2.62. The smallest absolute Gasteiger partial charge is 0.289 e. The molecule has 8 heteroatoms. The topological polar surface area (TPSA) is 76.2 Å². The van der Waals surface area contributed by atoms with Crippen LogP contribution in [0.4, 0.5) is 4.79 Å². The normalized spacial score (nSPS) is 17.9. The molecule has 2 aliphatic heterocycles. The van der Waals surface area contributed by atoms with Gasteiger partial charge in [0, 0.05) is 13.1 Å². The van der Waals surface area contributed by atoms with Gasteiger partial charge in [0.05, 0.1) is 32.4 Å². The first-order valence-electron chi connectivity index (χ1n) is 7.51. The van der Waals surface area contributed by atoms with Gasteiger partial charge in [-0.1, -0.05) is 17.8 Å². The van der Waals surface area contributed by atoms with Gasteiger partial charge in [0.25, 0.3) is 5.24 Å². The van der Waals surface area contributed by atoms with E-state index >= 15 is 0 Å². The number of carbonyl (C=O) groups excluding carboxylic acids is 3. The minimum Gasteiger partial charge on any atom is -0.493 e. The standard InChI is InChI=1S/C16H18N2O5S/c1-22-12-4-3-10(5-13(12)23-2)6-14(19)17-7-11(8-17)18-15(20)9-24-16(18)21/h3-5,11H,6-9H2,1-2H3. The van der Waals surface area contributed by atoms with Gasteiger partial charge >= 0.3 is 0 Å². The monoisotopic (exact) mass is 350 g/mol. The number of hydrogen-bond donors (Lipinski definition) is 0. The van der Waals surface area contributed by atoms with Crippen LogP contribution in [0.3, 0.4) is 0 Å². The fourth-order valence-electron chi connectivity index (χ4n) is 2.82. The minimum atomic E-state index is -0.211. The molecule has 2 heterocycles. The number of thioether (sulfide) groups is 1. The number of hydrogen-bond acceptors (Lipinski definition) is 6. The van der Waals surface area contributed by atoms with E-state index in [1.54, 1.807) is 31.3 Å². The van der Waals surface area contributed by atoms with E-state index in [9.17, 15) is 14.4 Å². The van der Waals surface area contributed by atoms with Crippen LogP contribution in [-0.2, 0) is 16.0 Å². The summed E-state index contributed by atoms with van der Waals surface area (Å²) in [5, 5.41) is -0.211. The number of nitrogens with zero attached hydrogens (tertiary/aromatic N) is 2. The average Bonchev–Trinajstić information content (AvgIpc) is 2.85. The molecule has 3 rings (SSSR count). The fraction of sp³-hybridized carbons (Fsp3) is 0.438. The maximum Gasteiger partial charge on any atom is 0.289 e. The highest BCUT2D eigenvalue weighted by Gasteiger charge is 2.43. The second-order valence-electron chi connectivity index (χ2n) is 5.64. The van der Waals surface area contributed by atoms with E-state index < -0.39 is 0 Å². The molecule has 7 nitrogen and oxygen atoms in total. The van der Waals surface area contributed by atoms with Crippen LogP contribution in [0.25, 0.3) is 0 Å². The number of rotatable bonds is 5. The molecule has 128 valence electrons. The third kappa shape index (κ3) is 3.06. The molecule has 0 bridgehead atoms. The molecule has 1 aromatic carbocycles. The van der Waals surface area contributed by atoms with Crippen LogP contribution >= 0.6 is 11.8 Å². The Balaban J connectivity index is 1.57. The summed E-state index contributed by atoms with van der Waals surface area (Å²) in [4.78, 5) is 38.6. The van der Waals surface area contributed by atoms with Crippen molar-refractivity contribution in [3.05, 3.63) is 23.8 Å². The highest BCUT2D eigenvalue weighted by Crippen LogP contribution is 2.29. The summed E-state index contributed by atoms with van der Waals surface area (Å²) in [5.41, 5.74) is 0.824. The summed E-state index contributed by atoms with van der Waals surface area (Å²) in [7, 11) is 3.10. The van der Waals surface area contributed by atoms with Crippen molar-refractivity contribution >= 4 is 28.8 Å². The Morgan fingerprint density at radius 3 is 2.50 bits per heavy atom. The molecule has 0 atom stereocenters. The van der Waals surface area contributed by atoms with Crippen LogP contribution in [0.1, 0.15) is 5.56 Å². The van der Waals surface area contributed by atoms with Crippen molar-refractivity contribution in [1.82, 2.24) is 9.80 Å². The molecule has 1 aromatic rings. The van der Waals surface area contributed by atoms with Gasteiger partial charge in [-0.05, 0) is 17.7 Å². The van der Waals surface area contributed by atoms with E-state index in [1.807, 2.05) is 6.07 Å². The lowest BCUT2D eigenvalue weighted by atomic mass is 10.0. The Hall–Kier alpha value is -2.22. The van der Waals surface area contributed by atoms with Crippen LogP contribution in [0, 0.1) is 0 Å². The number of likely N-dealkylation sites (tertiary alicyclic amines) is 1. The van der Waals surface area contributed by atoms with Crippen molar-refractivity contribution in [1.29, 1.82) is 0 Å². The second-order valence-corrected chi connectivity index (χ2v) is 6.56. The van der Waals surface area contributed by atoms with E-state index in [2.05, 4.69) is 0 Å². The Bertz CT molecular complexity index is 671. The number of methoxy groups -OCH3 is 2. The molecule has 0 radical (unpaired) electrons. The van der Waals surface area contributed by atoms with E-state index in [1.165, 1.54) is 4.90 Å². The average molecular weight is 350 g/mol. The predicted molar refractivity (Wildman–Crippen MR) is 88.3 cm³/mol. The zero-order valence-electron chi connectivity index (χ0n) is 13.5. The minimum absolute atomic E-state index is 0.0368. The maximum atomic E-state index is 12.3. The van der Waals surface area contributed by atoms with Crippen molar-refractivity contribution in [3.63, 3.8) is 0 Å². The summed E-state index contributed by atoms with van der Waals surface area (Å²) in [5.74, 6) is 1.19. The quantitative estimate of drug-likeness (QED) is 0.793. The molecular formula is C16H18N2O5S. The summed E-state index contributed by atoms with van der Waals surface area (Å²) < 4.78 is 10.4. The molecule has 0 aromatic heterocycles. The summed E-state index contributed by atoms with van der Waals surface area (Å²) in [6.07, 6.45) is 0.240. The molecule has 0 saturated carbocycles. The van der Waals surface area contributed by atoms with Crippen molar-refractivity contribution < 1.29 is 23.9 Å². The lowest BCUT2D eigenvalue weighted by Gasteiger charge is -2.42. The molecule has 2 saturated heterocycles. The highest BCUT2D eigenvalue weighted by molar-refractivity contribution is 8.14. The molecule has 0 aliphatic carbocycles. The largest absolute Gasteiger partial charge is 0.493 e. The molecule has 2 fully saturated rings. The van der Waals surface area contributed by atoms with Crippen molar-refractivity contribution in [2.24, 2.45) is 0 Å². The molecule has 3 amide bonds. The Morgan fingerprint density at radius 2 is 1.92 bits per heavy atom. The van der Waals surface area contributed by atoms with Crippen LogP contribution in [0.15, 0.2) is 18.2 Å². The number of benzene rings is 1. The van der Waals surface area contributed by atoms with Gasteiger partial charge in [0.1, 0.15) is 0 Å². The van der Waals surface area contributed by atoms with E-state index in [0.717, 1.165) is 17.3 Å². The highest BCUT2D eigenvalue weighted by atomic mass is 32.2. The first-order chi connectivity index (χ1) is 11.5. The van der Waals surface area contributed by atoms with Gasteiger partial charge < -0.3 is 14.4 Å². The first-order valence-corrected chi connectivity index (χ1v) is 8.49. The van der Waals surface area contributed by atoms with Crippen molar-refractivity contribution in [3.8, 4) is 11.5 Å². The molecule has 0 N–H and O–H groups in total. The molecule has 24 heavy (non-hydrogen) atoms. The molecule has 2 aliphatic rings. The SMILES string of the molecule is COc1ccc(CC(=O)N2CC(N3C(=O)CSC3=O)C2)cc1OC. The number of imide groups is 1. The number of ether oxygens (including phenoxy) is 2. The fourth-order valence-corrected chi connectivity index (χ4v) is 3.59. The van der Waals surface area contributed by atoms with Gasteiger partial charge in [-0.25, -0.2) is 0 Å². The third-order valence-electron chi connectivity index (χ3n) is 4.17. The number of carbonyl (C=O) groups is 3. The summed E-state index contributed by atoms with van der Waals surface area (Å²) in [6.45, 7) is 0.814. The van der Waals surface area contributed by atoms with Crippen molar-refractivity contribution in [2.75, 3.05) is 33.1 Å². The van der Waals surface area contributed by atoms with Crippen LogP contribution < -0.4 is 9.47 Å². The van der Waals surface area contributed by atoms with Gasteiger partial charge in [0.2, 0.25) is 11.8 Å². The van der Waals surface area contributed by atoms with Gasteiger partial charge in [-0.2, -0.15) is 0 Å². The predicted octanol–water partition coefficient (Wildman–Crippen LogP) is 1.15. The van der Waals surface area contributed by atoms with E-state index in [-0.39, 0.29) is 35.3 Å². The zero-order valence-corrected chi connectivity index (χ0v) is 14.3. The molecule has 0 spiro atoms. The van der Waals surface area contributed by atoms with Crippen LogP contribution in [0.5, 0.6) is 11.5 Å². The molecular weight excluding hydrogens is 332 g/mol. The Kier molecular flexibility index (Phi) is 4.66. The first kappa shape index (κ1) is 16.6. The van der Waals surface area contributed by atoms with E-state index in [0.29, 0.717) is 24.6 Å². The van der Waals surface area contributed by atoms with Crippen LogP contribution in [-0.4, -0.2) is 66.0 Å². The Labute approximate surface area is 143 Å². The summed E-state index contributed by atoms with van der Waals surface area (Å²) >= 11 is 1.02. The van der Waals surface area contributed by atoms with E-state index in [4.69, 9.17) is 9.47 Å². The Morgan fingerprint density at radius 1 is 1.21 bits per heavy atom. The third-order valence-corrected chi connectivity index (χ3v) is 5.00.